The van der Waals surface area contributed by atoms with E-state index in [1.165, 1.54) is 0 Å². The Kier molecular flexibility index (Phi) is 6.17. The fourth-order valence-electron chi connectivity index (χ4n) is 1.92. The first-order valence-electron chi connectivity index (χ1n) is 7.32. The molecule has 122 valence electrons. The van der Waals surface area contributed by atoms with Crippen molar-refractivity contribution in [3.63, 3.8) is 0 Å². The summed E-state index contributed by atoms with van der Waals surface area (Å²) in [6, 6.07) is 7.66. The zero-order valence-electron chi connectivity index (χ0n) is 13.4. The van der Waals surface area contributed by atoms with E-state index in [4.69, 9.17) is 11.6 Å². The van der Waals surface area contributed by atoms with Crippen LogP contribution in [0.5, 0.6) is 0 Å². The first kappa shape index (κ1) is 17.0. The van der Waals surface area contributed by atoms with Gasteiger partial charge in [0.05, 0.1) is 13.1 Å². The number of hydrogen-bond donors (Lipinski definition) is 2. The molecule has 6 nitrogen and oxygen atoms in total. The summed E-state index contributed by atoms with van der Waals surface area (Å²) in [6.45, 7) is 7.32. The minimum Gasteiger partial charge on any atom is -0.353 e. The van der Waals surface area contributed by atoms with Crippen LogP contribution in [0.25, 0.3) is 0 Å². The van der Waals surface area contributed by atoms with E-state index in [9.17, 15) is 0 Å². The number of hydrogen-bond acceptors (Lipinski definition) is 3. The van der Waals surface area contributed by atoms with Crippen molar-refractivity contribution in [2.45, 2.75) is 20.0 Å². The van der Waals surface area contributed by atoms with Crippen molar-refractivity contribution in [2.24, 2.45) is 12.0 Å². The second-order valence-electron chi connectivity index (χ2n) is 5.04. The van der Waals surface area contributed by atoms with Crippen molar-refractivity contribution in [3.05, 3.63) is 59.2 Å². The summed E-state index contributed by atoms with van der Waals surface area (Å²) >= 11 is 5.99. The van der Waals surface area contributed by atoms with E-state index >= 15 is 0 Å². The van der Waals surface area contributed by atoms with Gasteiger partial charge in [-0.15, -0.1) is 16.8 Å². The highest BCUT2D eigenvalue weighted by molar-refractivity contribution is 6.30. The van der Waals surface area contributed by atoms with Crippen LogP contribution in [0.3, 0.4) is 0 Å². The molecule has 0 spiro atoms. The predicted octanol–water partition coefficient (Wildman–Crippen LogP) is 2.20. The van der Waals surface area contributed by atoms with E-state index in [0.717, 1.165) is 17.2 Å². The van der Waals surface area contributed by atoms with Crippen molar-refractivity contribution >= 4 is 17.6 Å². The second-order valence-corrected chi connectivity index (χ2v) is 5.48. The summed E-state index contributed by atoms with van der Waals surface area (Å²) in [4.78, 5) is 4.55. The molecule has 23 heavy (non-hydrogen) atoms. The predicted molar refractivity (Wildman–Crippen MR) is 93.4 cm³/mol. The molecule has 0 saturated heterocycles. The monoisotopic (exact) mass is 332 g/mol. The third-order valence-electron chi connectivity index (χ3n) is 3.32. The lowest BCUT2D eigenvalue weighted by molar-refractivity contribution is 0.721. The van der Waals surface area contributed by atoms with Gasteiger partial charge in [0, 0.05) is 18.6 Å². The molecule has 1 aromatic carbocycles. The highest BCUT2D eigenvalue weighted by Gasteiger charge is 2.06. The number of aliphatic imine (C=N–C) groups is 1. The van der Waals surface area contributed by atoms with Gasteiger partial charge in [0.2, 0.25) is 0 Å². The molecule has 0 aliphatic carbocycles. The third kappa shape index (κ3) is 5.10. The third-order valence-corrected chi connectivity index (χ3v) is 3.55. The summed E-state index contributed by atoms with van der Waals surface area (Å²) in [5.74, 6) is 2.40. The summed E-state index contributed by atoms with van der Waals surface area (Å²) in [6.07, 6.45) is 1.78. The Labute approximate surface area is 141 Å². The van der Waals surface area contributed by atoms with Gasteiger partial charge in [-0.25, -0.2) is 4.99 Å². The number of aromatic nitrogens is 3. The smallest absolute Gasteiger partial charge is 0.192 e. The lowest BCUT2D eigenvalue weighted by Crippen LogP contribution is -2.37. The van der Waals surface area contributed by atoms with Crippen LogP contribution in [0.1, 0.15) is 17.2 Å². The minimum atomic E-state index is 0.533. The van der Waals surface area contributed by atoms with Crippen molar-refractivity contribution < 1.29 is 0 Å². The molecule has 1 heterocycles. The number of nitrogens with zero attached hydrogens (tertiary/aromatic N) is 4. The maximum absolute atomic E-state index is 5.99. The number of rotatable bonds is 6. The molecule has 7 heteroatoms. The van der Waals surface area contributed by atoms with E-state index in [-0.39, 0.29) is 0 Å². The molecule has 0 aliphatic rings. The average Bonchev–Trinajstić information content (AvgIpc) is 2.86. The lowest BCUT2D eigenvalue weighted by atomic mass is 10.2. The summed E-state index contributed by atoms with van der Waals surface area (Å²) in [5, 5.41) is 15.3. The van der Waals surface area contributed by atoms with Gasteiger partial charge in [-0.05, 0) is 24.6 Å². The van der Waals surface area contributed by atoms with E-state index < -0.39 is 0 Å². The van der Waals surface area contributed by atoms with Gasteiger partial charge < -0.3 is 15.2 Å². The highest BCUT2D eigenvalue weighted by atomic mass is 35.5. The molecule has 2 rings (SSSR count). The Morgan fingerprint density at radius 1 is 1.39 bits per heavy atom. The quantitative estimate of drug-likeness (QED) is 0.483. The van der Waals surface area contributed by atoms with Crippen LogP contribution >= 0.6 is 11.6 Å². The average molecular weight is 333 g/mol. The molecule has 0 atom stereocenters. The lowest BCUT2D eigenvalue weighted by Gasteiger charge is -2.11. The molecule has 0 unspecified atom stereocenters. The maximum Gasteiger partial charge on any atom is 0.192 e. The molecule has 0 saturated carbocycles. The van der Waals surface area contributed by atoms with Crippen molar-refractivity contribution in [2.75, 3.05) is 6.54 Å². The van der Waals surface area contributed by atoms with Crippen molar-refractivity contribution in [3.8, 4) is 0 Å². The first-order valence-corrected chi connectivity index (χ1v) is 7.70. The number of nitrogens with one attached hydrogen (secondary N) is 2. The van der Waals surface area contributed by atoms with Gasteiger partial charge in [-0.2, -0.15) is 0 Å². The Hall–Kier alpha value is -2.34. The van der Waals surface area contributed by atoms with E-state index in [2.05, 4.69) is 32.4 Å². The fraction of sp³-hybridized carbons (Fsp3) is 0.312. The number of aryl methyl sites for hydroxylation is 1. The highest BCUT2D eigenvalue weighted by Crippen LogP contribution is 2.11. The fourth-order valence-corrected chi connectivity index (χ4v) is 2.13. The van der Waals surface area contributed by atoms with E-state index in [1.54, 1.807) is 6.08 Å². The van der Waals surface area contributed by atoms with Gasteiger partial charge in [-0.1, -0.05) is 29.8 Å². The molecular formula is C16H21ClN6. The topological polar surface area (TPSA) is 67.1 Å². The van der Waals surface area contributed by atoms with Gasteiger partial charge in [0.25, 0.3) is 0 Å². The molecule has 2 aromatic rings. The van der Waals surface area contributed by atoms with Crippen LogP contribution in [0.15, 0.2) is 41.9 Å². The van der Waals surface area contributed by atoms with Crippen LogP contribution in [0.4, 0.5) is 0 Å². The zero-order chi connectivity index (χ0) is 16.7. The van der Waals surface area contributed by atoms with Gasteiger partial charge >= 0.3 is 0 Å². The van der Waals surface area contributed by atoms with Crippen molar-refractivity contribution in [1.29, 1.82) is 0 Å². The standard InChI is InChI=1S/C16H21ClN6/c1-4-8-18-16(19-10-13-6-5-7-14(17)9-13)20-11-15-22-21-12(2)23(15)3/h4-7,9H,1,8,10-11H2,2-3H3,(H2,18,19,20). The Balaban J connectivity index is 2.02. The zero-order valence-corrected chi connectivity index (χ0v) is 14.1. The maximum atomic E-state index is 5.99. The van der Waals surface area contributed by atoms with Crippen LogP contribution in [0, 0.1) is 6.92 Å². The number of halogens is 1. The second kappa shape index (κ2) is 8.33. The van der Waals surface area contributed by atoms with Gasteiger partial charge in [0.1, 0.15) is 5.82 Å². The van der Waals surface area contributed by atoms with Crippen LogP contribution in [0.2, 0.25) is 5.02 Å². The summed E-state index contributed by atoms with van der Waals surface area (Å²) < 4.78 is 1.94. The first-order chi connectivity index (χ1) is 11.1. The van der Waals surface area contributed by atoms with Crippen LogP contribution in [-0.4, -0.2) is 27.3 Å². The van der Waals surface area contributed by atoms with E-state index in [1.807, 2.05) is 42.8 Å². The normalized spacial score (nSPS) is 11.3. The number of guanidine groups is 1. The molecule has 2 N–H and O–H groups in total. The molecular weight excluding hydrogens is 312 g/mol. The molecule has 0 aliphatic heterocycles. The van der Waals surface area contributed by atoms with Gasteiger partial charge in [-0.3, -0.25) is 0 Å². The minimum absolute atomic E-state index is 0.533. The molecule has 0 amide bonds. The van der Waals surface area contributed by atoms with Gasteiger partial charge in [0.15, 0.2) is 11.8 Å². The SMILES string of the molecule is C=CCNC(=NCc1cccc(Cl)c1)NCc1nnc(C)n1C. The molecule has 1 aromatic heterocycles. The summed E-state index contributed by atoms with van der Waals surface area (Å²) in [5.41, 5.74) is 1.05. The van der Waals surface area contributed by atoms with E-state index in [0.29, 0.717) is 30.6 Å². The molecule has 0 fully saturated rings. The largest absolute Gasteiger partial charge is 0.353 e. The molecule has 0 bridgehead atoms. The Bertz CT molecular complexity index is 692. The Morgan fingerprint density at radius 2 is 2.22 bits per heavy atom. The Morgan fingerprint density at radius 3 is 2.87 bits per heavy atom. The van der Waals surface area contributed by atoms with Crippen LogP contribution in [-0.2, 0) is 20.1 Å². The van der Waals surface area contributed by atoms with Crippen LogP contribution < -0.4 is 10.6 Å². The van der Waals surface area contributed by atoms with Crippen molar-refractivity contribution in [1.82, 2.24) is 25.4 Å². The summed E-state index contributed by atoms with van der Waals surface area (Å²) in [7, 11) is 1.94. The molecule has 0 radical (unpaired) electrons. The number of benzene rings is 1.